The smallest absolute Gasteiger partial charge is 0.312 e. The number of carbonyl (C=O) groups excluding carboxylic acids is 19. The Morgan fingerprint density at radius 1 is 0.371 bits per heavy atom. The summed E-state index contributed by atoms with van der Waals surface area (Å²) in [6.45, 7) is 5.15. The Balaban J connectivity index is 1.29. The molecule has 6 aromatic rings. The Morgan fingerprint density at radius 2 is 0.765 bits per heavy atom. The standard InChI is InChI=1S/C86H119N23O21S2/c1-44(2)71(84(128)105-61(35-47-15-6-5-7-16-47)79(123)104-64(39-69(90)115)74(118)93-34-31-70(116)98-56(73(91)117)21-12-13-32-87)108-76(120)57(22-14-33-94-86(92)130)99-80(124)62(37-49-40-95-54-19-10-8-17-52(49)54)103-78(122)60(36-48-23-25-51(112)26-24-48)102-83(127)66(43-132)107-75(119)58(27-29-67(88)113)100-81(125)63(38-50-41-96-55-20-11-9-18-53(50)55)106-85(129)72(45(3)110)109-77(121)59(28-30-68(89)114)101-82(126)65(42-131)97-46(4)111/h5-11,15-20,23-26,40-41,44-45,56-66,71-72,95-96,110,112,131-132H,12-14,21-22,27-39,42-43,87H2,1-4H3,(H2,88,113)(H2,89,114)(H2,90,115)(H2,91,117)(H,93,118)(H,97,111)(H,98,116)(H,99,124)(H,100,125)(H,101,126)(H,102,127)(H,103,122)(H,104,123)(H,105,128)(H,106,129)(H,107,119)(H,108,120)(H,109,121)(H3,92,94,130)/t45-,56-,57+,58+,59+,60+,61+,62+,63+,64-,65+,66+,71+,72+/m1/s1. The summed E-state index contributed by atoms with van der Waals surface area (Å²) in [6.07, 6.45) is -2.41. The molecule has 0 aliphatic rings. The first kappa shape index (κ1) is 107. The van der Waals surface area contributed by atoms with Crippen LogP contribution in [0, 0.1) is 5.92 Å². The molecule has 0 aliphatic carbocycles. The zero-order valence-electron chi connectivity index (χ0n) is 73.3. The molecule has 0 aliphatic heterocycles. The molecular formula is C86H119N23O21S2. The Bertz CT molecular complexity index is 5040. The van der Waals surface area contributed by atoms with Crippen molar-refractivity contribution in [2.45, 2.75) is 209 Å². The maximum atomic E-state index is 15.4. The largest absolute Gasteiger partial charge is 0.508 e. The van der Waals surface area contributed by atoms with Crippen LogP contribution in [0.2, 0.25) is 0 Å². The van der Waals surface area contributed by atoms with Crippen molar-refractivity contribution >= 4 is 159 Å². The number of aliphatic hydroxyl groups excluding tert-OH is 1. The van der Waals surface area contributed by atoms with E-state index in [0.29, 0.717) is 63.4 Å². The molecule has 0 saturated heterocycles. The lowest BCUT2D eigenvalue weighted by molar-refractivity contribution is -0.137. The molecule has 0 radical (unpaired) electrons. The molecule has 31 N–H and O–H groups in total. The molecule has 0 bridgehead atoms. The maximum Gasteiger partial charge on any atom is 0.312 e. The lowest BCUT2D eigenvalue weighted by atomic mass is 9.99. The van der Waals surface area contributed by atoms with Crippen LogP contribution in [0.3, 0.4) is 0 Å². The van der Waals surface area contributed by atoms with Crippen molar-refractivity contribution in [1.29, 1.82) is 0 Å². The number of aliphatic hydroxyl groups is 1. The highest BCUT2D eigenvalue weighted by Crippen LogP contribution is 2.23. The number of hydrogen-bond donors (Lipinski definition) is 27. The fourth-order valence-electron chi connectivity index (χ4n) is 13.9. The SMILES string of the molecule is CC(=O)N[C@@H](CS)C(=O)N[C@@H](CCC(N)=O)C(=O)N[C@H](C(=O)N[C@@H](Cc1c[nH]c2ccccc12)C(=O)N[C@@H](CCC(N)=O)C(=O)N[C@@H](CS)C(=O)N[C@@H](Cc1ccc(O)cc1)C(=O)N[C@@H](Cc1c[nH]c2ccccc12)C(=O)N[C@@H](CCCNC(N)=O)C(=O)N[C@H](C(=O)N[C@@H](Cc1ccccc1)C(=O)N[C@H](CC(N)=O)C(=O)NCCC(=O)N[C@H](CCCCN)C(N)=O)C(C)C)[C@@H](C)O. The van der Waals surface area contributed by atoms with Gasteiger partial charge in [0, 0.05) is 111 Å². The van der Waals surface area contributed by atoms with Gasteiger partial charge in [-0.25, -0.2) is 4.79 Å². The monoisotopic (exact) mass is 1870 g/mol. The number of para-hydroxylation sites is 2. The number of aromatic amines is 2. The van der Waals surface area contributed by atoms with Crippen LogP contribution in [0.25, 0.3) is 21.8 Å². The molecule has 20 amide bonds. The van der Waals surface area contributed by atoms with Crippen LogP contribution in [-0.2, 0) is 112 Å². The fourth-order valence-corrected chi connectivity index (χ4v) is 14.4. The fraction of sp³-hybridized carbons (Fsp3) is 0.453. The van der Waals surface area contributed by atoms with Gasteiger partial charge >= 0.3 is 6.03 Å². The zero-order chi connectivity index (χ0) is 97.4. The molecule has 716 valence electrons. The number of fused-ring (bicyclic) bond motifs is 2. The number of thiol groups is 2. The molecule has 2 aromatic heterocycles. The number of aromatic hydroxyl groups is 1. The summed E-state index contributed by atoms with van der Waals surface area (Å²) in [5, 5.41) is 60.3. The second kappa shape index (κ2) is 53.9. The Hall–Kier alpha value is -13.9. The van der Waals surface area contributed by atoms with Crippen molar-refractivity contribution in [2.24, 2.45) is 40.3 Å². The average Bonchev–Trinajstić information content (AvgIpc) is 1.65. The summed E-state index contributed by atoms with van der Waals surface area (Å²) in [5.41, 5.74) is 35.8. The van der Waals surface area contributed by atoms with Gasteiger partial charge in [-0.05, 0) is 111 Å². The van der Waals surface area contributed by atoms with Gasteiger partial charge in [-0.1, -0.05) is 92.7 Å². The van der Waals surface area contributed by atoms with E-state index in [1.807, 2.05) is 0 Å². The summed E-state index contributed by atoms with van der Waals surface area (Å²) in [4.78, 5) is 267. The van der Waals surface area contributed by atoms with E-state index >= 15 is 14.4 Å². The molecule has 44 nitrogen and oxygen atoms in total. The minimum Gasteiger partial charge on any atom is -0.508 e. The van der Waals surface area contributed by atoms with Crippen LogP contribution in [0.1, 0.15) is 121 Å². The van der Waals surface area contributed by atoms with Crippen molar-refractivity contribution in [3.63, 3.8) is 0 Å². The molecule has 0 fully saturated rings. The van der Waals surface area contributed by atoms with Gasteiger partial charge in [0.15, 0.2) is 0 Å². The number of urea groups is 1. The van der Waals surface area contributed by atoms with Crippen molar-refractivity contribution in [1.82, 2.24) is 89.7 Å². The van der Waals surface area contributed by atoms with Gasteiger partial charge in [0.2, 0.25) is 106 Å². The Labute approximate surface area is 770 Å². The Morgan fingerprint density at radius 3 is 1.21 bits per heavy atom. The van der Waals surface area contributed by atoms with Gasteiger partial charge in [0.1, 0.15) is 84.3 Å². The zero-order valence-corrected chi connectivity index (χ0v) is 75.1. The number of rotatable bonds is 57. The van der Waals surface area contributed by atoms with Gasteiger partial charge in [-0.3, -0.25) is 86.3 Å². The van der Waals surface area contributed by atoms with Crippen molar-refractivity contribution in [2.75, 3.05) is 31.1 Å². The molecule has 0 spiro atoms. The van der Waals surface area contributed by atoms with E-state index in [9.17, 15) is 86.9 Å². The number of phenolic OH excluding ortho intramolecular Hbond substituents is 1. The predicted octanol–water partition coefficient (Wildman–Crippen LogP) is -5.18. The molecule has 0 unspecified atom stereocenters. The molecule has 6 rings (SSSR count). The number of primary amides is 5. The third-order valence-electron chi connectivity index (χ3n) is 20.9. The molecule has 4 aromatic carbocycles. The van der Waals surface area contributed by atoms with E-state index in [4.69, 9.17) is 34.4 Å². The van der Waals surface area contributed by atoms with Crippen LogP contribution >= 0.6 is 25.3 Å². The second-order valence-corrected chi connectivity index (χ2v) is 32.5. The van der Waals surface area contributed by atoms with Crippen LogP contribution in [0.4, 0.5) is 4.79 Å². The van der Waals surface area contributed by atoms with Gasteiger partial charge in [-0.15, -0.1) is 0 Å². The van der Waals surface area contributed by atoms with Crippen molar-refractivity contribution in [3.8, 4) is 5.75 Å². The summed E-state index contributed by atoms with van der Waals surface area (Å²) in [6, 6.07) is 5.32. The number of nitrogens with one attached hydrogen (secondary N) is 17. The van der Waals surface area contributed by atoms with Crippen molar-refractivity contribution in [3.05, 3.63) is 138 Å². The van der Waals surface area contributed by atoms with E-state index < -0.39 is 247 Å². The summed E-state index contributed by atoms with van der Waals surface area (Å²) in [5.74, 6) is -19.5. The minimum absolute atomic E-state index is 0.0743. The second-order valence-electron chi connectivity index (χ2n) is 31.8. The number of hydrogen-bond acceptors (Lipinski definition) is 24. The van der Waals surface area contributed by atoms with Crippen LogP contribution in [-0.4, -0.2) is 248 Å². The molecule has 14 atom stereocenters. The number of H-pyrrole nitrogens is 2. The number of aromatic nitrogens is 2. The Kier molecular flexibility index (Phi) is 43.7. The summed E-state index contributed by atoms with van der Waals surface area (Å²) in [7, 11) is 0. The lowest BCUT2D eigenvalue weighted by Crippen LogP contribution is -2.62. The third kappa shape index (κ3) is 35.5. The molecule has 132 heavy (non-hydrogen) atoms. The van der Waals surface area contributed by atoms with E-state index in [2.05, 4.69) is 115 Å². The van der Waals surface area contributed by atoms with E-state index in [0.717, 1.165) is 13.8 Å². The van der Waals surface area contributed by atoms with Gasteiger partial charge < -0.3 is 134 Å². The maximum absolute atomic E-state index is 15.4. The van der Waals surface area contributed by atoms with Crippen LogP contribution < -0.4 is 114 Å². The molecule has 2 heterocycles. The number of carbonyl (C=O) groups is 19. The highest BCUT2D eigenvalue weighted by Gasteiger charge is 2.40. The number of benzene rings is 4. The average molecular weight is 1880 g/mol. The number of nitrogens with two attached hydrogens (primary N) is 6. The first-order valence-corrected chi connectivity index (χ1v) is 43.8. The quantitative estimate of drug-likeness (QED) is 0.0125. The topological polar surface area (TPSA) is 733 Å². The van der Waals surface area contributed by atoms with Crippen LogP contribution in [0.15, 0.2) is 116 Å². The number of phenols is 1. The predicted molar refractivity (Wildman–Crippen MR) is 488 cm³/mol. The molecule has 0 saturated carbocycles. The first-order chi connectivity index (χ1) is 62.7. The summed E-state index contributed by atoms with van der Waals surface area (Å²) >= 11 is 8.49. The molecular weight excluding hydrogens is 1760 g/mol. The van der Waals surface area contributed by atoms with Crippen molar-refractivity contribution < 1.29 is 101 Å². The van der Waals surface area contributed by atoms with Crippen LogP contribution in [0.5, 0.6) is 5.75 Å². The van der Waals surface area contributed by atoms with Gasteiger partial charge in [-0.2, -0.15) is 25.3 Å². The minimum atomic E-state index is -1.93. The first-order valence-electron chi connectivity index (χ1n) is 42.6. The van der Waals surface area contributed by atoms with E-state index in [1.165, 1.54) is 30.5 Å². The van der Waals surface area contributed by atoms with E-state index in [-0.39, 0.29) is 69.5 Å². The highest BCUT2D eigenvalue weighted by molar-refractivity contribution is 7.80. The summed E-state index contributed by atoms with van der Waals surface area (Å²) < 4.78 is 0. The molecule has 46 heteroatoms. The number of amides is 20. The lowest BCUT2D eigenvalue weighted by Gasteiger charge is -2.29. The highest BCUT2D eigenvalue weighted by atomic mass is 32.1. The third-order valence-corrected chi connectivity index (χ3v) is 21.7. The van der Waals surface area contributed by atoms with Gasteiger partial charge in [0.05, 0.1) is 12.5 Å². The number of unbranched alkanes of at least 4 members (excludes halogenated alkanes) is 1. The van der Waals surface area contributed by atoms with E-state index in [1.54, 1.807) is 98.9 Å². The normalized spacial score (nSPS) is 14.3. The van der Waals surface area contributed by atoms with Gasteiger partial charge in [0.25, 0.3) is 0 Å².